The van der Waals surface area contributed by atoms with Crippen molar-refractivity contribution in [2.45, 2.75) is 13.8 Å². The van der Waals surface area contributed by atoms with Gasteiger partial charge >= 0.3 is 0 Å². The molecule has 4 heteroatoms. The van der Waals surface area contributed by atoms with Crippen molar-refractivity contribution < 1.29 is 9.47 Å². The van der Waals surface area contributed by atoms with Crippen molar-refractivity contribution >= 4 is 17.3 Å². The van der Waals surface area contributed by atoms with E-state index in [4.69, 9.17) is 21.1 Å². The van der Waals surface area contributed by atoms with Gasteiger partial charge in [0.25, 0.3) is 0 Å². The zero-order valence-electron chi connectivity index (χ0n) is 12.4. The van der Waals surface area contributed by atoms with Crippen LogP contribution in [0, 0.1) is 6.92 Å². The average Bonchev–Trinajstić information content (AvgIpc) is 2.49. The first-order chi connectivity index (χ1) is 10.2. The SMILES string of the molecule is CCOc1ccc(NCCOc2ccc(Cl)c(C)c2)cc1. The largest absolute Gasteiger partial charge is 0.494 e. The molecular formula is C17H20ClNO2. The highest BCUT2D eigenvalue weighted by Crippen LogP contribution is 2.21. The van der Waals surface area contributed by atoms with Gasteiger partial charge in [0.05, 0.1) is 6.61 Å². The van der Waals surface area contributed by atoms with Gasteiger partial charge in [0.1, 0.15) is 18.1 Å². The standard InChI is InChI=1S/C17H20ClNO2/c1-3-20-15-6-4-14(5-7-15)19-10-11-21-16-8-9-17(18)13(2)12-16/h4-9,12,19H,3,10-11H2,1-2H3. The van der Waals surface area contributed by atoms with Crippen molar-refractivity contribution in [3.8, 4) is 11.5 Å². The van der Waals surface area contributed by atoms with Gasteiger partial charge in [0, 0.05) is 17.3 Å². The molecule has 2 rings (SSSR count). The summed E-state index contributed by atoms with van der Waals surface area (Å²) >= 11 is 5.98. The van der Waals surface area contributed by atoms with E-state index in [0.717, 1.165) is 34.3 Å². The molecule has 0 atom stereocenters. The summed E-state index contributed by atoms with van der Waals surface area (Å²) in [5.41, 5.74) is 2.07. The molecule has 2 aromatic rings. The van der Waals surface area contributed by atoms with E-state index in [0.29, 0.717) is 13.2 Å². The molecule has 3 nitrogen and oxygen atoms in total. The van der Waals surface area contributed by atoms with Crippen molar-refractivity contribution in [3.05, 3.63) is 53.1 Å². The van der Waals surface area contributed by atoms with E-state index in [-0.39, 0.29) is 0 Å². The Balaban J connectivity index is 1.75. The van der Waals surface area contributed by atoms with Crippen LogP contribution in [0.25, 0.3) is 0 Å². The lowest BCUT2D eigenvalue weighted by molar-refractivity contribution is 0.332. The summed E-state index contributed by atoms with van der Waals surface area (Å²) in [6.07, 6.45) is 0. The highest BCUT2D eigenvalue weighted by molar-refractivity contribution is 6.31. The Bertz CT molecular complexity index is 570. The molecule has 0 bridgehead atoms. The summed E-state index contributed by atoms with van der Waals surface area (Å²) in [7, 11) is 0. The van der Waals surface area contributed by atoms with E-state index in [1.807, 2.05) is 56.3 Å². The van der Waals surface area contributed by atoms with E-state index in [1.165, 1.54) is 0 Å². The molecule has 0 fully saturated rings. The molecule has 0 spiro atoms. The first kappa shape index (κ1) is 15.5. The number of halogens is 1. The third-order valence-corrected chi connectivity index (χ3v) is 3.42. The second-order valence-corrected chi connectivity index (χ2v) is 5.05. The molecule has 0 saturated carbocycles. The molecule has 0 aliphatic rings. The normalized spacial score (nSPS) is 10.2. The number of aryl methyl sites for hydroxylation is 1. The van der Waals surface area contributed by atoms with Crippen LogP contribution in [-0.2, 0) is 0 Å². The summed E-state index contributed by atoms with van der Waals surface area (Å²) in [4.78, 5) is 0. The summed E-state index contributed by atoms with van der Waals surface area (Å²) in [6.45, 7) is 5.94. The van der Waals surface area contributed by atoms with Gasteiger partial charge in [-0.25, -0.2) is 0 Å². The van der Waals surface area contributed by atoms with E-state index in [1.54, 1.807) is 0 Å². The van der Waals surface area contributed by atoms with Gasteiger partial charge in [-0.05, 0) is 61.9 Å². The number of rotatable bonds is 7. The van der Waals surface area contributed by atoms with Crippen molar-refractivity contribution in [3.63, 3.8) is 0 Å². The topological polar surface area (TPSA) is 30.5 Å². The monoisotopic (exact) mass is 305 g/mol. The molecule has 0 saturated heterocycles. The fraction of sp³-hybridized carbons (Fsp3) is 0.294. The van der Waals surface area contributed by atoms with Crippen LogP contribution in [0.1, 0.15) is 12.5 Å². The Hall–Kier alpha value is -1.87. The van der Waals surface area contributed by atoms with Crippen LogP contribution in [0.4, 0.5) is 5.69 Å². The van der Waals surface area contributed by atoms with Gasteiger partial charge in [-0.1, -0.05) is 11.6 Å². The van der Waals surface area contributed by atoms with Crippen LogP contribution < -0.4 is 14.8 Å². The van der Waals surface area contributed by atoms with Gasteiger partial charge in [-0.3, -0.25) is 0 Å². The van der Waals surface area contributed by atoms with Crippen LogP contribution in [0.3, 0.4) is 0 Å². The van der Waals surface area contributed by atoms with E-state index < -0.39 is 0 Å². The first-order valence-corrected chi connectivity index (χ1v) is 7.42. The Morgan fingerprint density at radius 3 is 2.38 bits per heavy atom. The zero-order chi connectivity index (χ0) is 15.1. The molecule has 0 heterocycles. The van der Waals surface area contributed by atoms with Crippen LogP contribution >= 0.6 is 11.6 Å². The first-order valence-electron chi connectivity index (χ1n) is 7.04. The molecule has 0 unspecified atom stereocenters. The third kappa shape index (κ3) is 4.87. The van der Waals surface area contributed by atoms with Gasteiger partial charge in [-0.15, -0.1) is 0 Å². The highest BCUT2D eigenvalue weighted by atomic mass is 35.5. The fourth-order valence-corrected chi connectivity index (χ4v) is 2.02. The van der Waals surface area contributed by atoms with E-state index in [9.17, 15) is 0 Å². The molecule has 0 amide bonds. The van der Waals surface area contributed by atoms with E-state index in [2.05, 4.69) is 5.32 Å². The maximum atomic E-state index is 5.98. The summed E-state index contributed by atoms with van der Waals surface area (Å²) in [5.74, 6) is 1.72. The van der Waals surface area contributed by atoms with E-state index >= 15 is 0 Å². The Morgan fingerprint density at radius 2 is 1.71 bits per heavy atom. The molecule has 0 aromatic heterocycles. The maximum Gasteiger partial charge on any atom is 0.119 e. The lowest BCUT2D eigenvalue weighted by Crippen LogP contribution is -2.11. The number of hydrogen-bond donors (Lipinski definition) is 1. The van der Waals surface area contributed by atoms with Crippen LogP contribution in [0.2, 0.25) is 5.02 Å². The Morgan fingerprint density at radius 1 is 1.00 bits per heavy atom. The average molecular weight is 306 g/mol. The predicted molar refractivity (Wildman–Crippen MR) is 87.8 cm³/mol. The minimum Gasteiger partial charge on any atom is -0.494 e. The molecular weight excluding hydrogens is 286 g/mol. The summed E-state index contributed by atoms with van der Waals surface area (Å²) in [6, 6.07) is 13.6. The van der Waals surface area contributed by atoms with Gasteiger partial charge < -0.3 is 14.8 Å². The molecule has 21 heavy (non-hydrogen) atoms. The Kier molecular flexibility index (Phi) is 5.76. The third-order valence-electron chi connectivity index (χ3n) is 2.99. The molecule has 0 aliphatic carbocycles. The quantitative estimate of drug-likeness (QED) is 0.762. The van der Waals surface area contributed by atoms with Gasteiger partial charge in [-0.2, -0.15) is 0 Å². The van der Waals surface area contributed by atoms with Crippen LogP contribution in [-0.4, -0.2) is 19.8 Å². The summed E-state index contributed by atoms with van der Waals surface area (Å²) in [5, 5.41) is 4.06. The number of anilines is 1. The molecule has 0 aliphatic heterocycles. The summed E-state index contributed by atoms with van der Waals surface area (Å²) < 4.78 is 11.1. The molecule has 2 aromatic carbocycles. The fourth-order valence-electron chi connectivity index (χ4n) is 1.91. The lowest BCUT2D eigenvalue weighted by Gasteiger charge is -2.10. The van der Waals surface area contributed by atoms with Gasteiger partial charge in [0.15, 0.2) is 0 Å². The number of nitrogens with one attached hydrogen (secondary N) is 1. The maximum absolute atomic E-state index is 5.98. The van der Waals surface area contributed by atoms with Crippen molar-refractivity contribution in [2.24, 2.45) is 0 Å². The van der Waals surface area contributed by atoms with Crippen LogP contribution in [0.15, 0.2) is 42.5 Å². The minimum absolute atomic E-state index is 0.592. The van der Waals surface area contributed by atoms with Crippen molar-refractivity contribution in [2.75, 3.05) is 25.1 Å². The van der Waals surface area contributed by atoms with Crippen molar-refractivity contribution in [1.82, 2.24) is 0 Å². The van der Waals surface area contributed by atoms with Gasteiger partial charge in [0.2, 0.25) is 0 Å². The minimum atomic E-state index is 0.592. The molecule has 0 radical (unpaired) electrons. The number of benzene rings is 2. The smallest absolute Gasteiger partial charge is 0.119 e. The Labute approximate surface area is 130 Å². The highest BCUT2D eigenvalue weighted by Gasteiger charge is 1.99. The van der Waals surface area contributed by atoms with Crippen LogP contribution in [0.5, 0.6) is 11.5 Å². The lowest BCUT2D eigenvalue weighted by atomic mass is 10.2. The number of ether oxygens (including phenoxy) is 2. The number of hydrogen-bond acceptors (Lipinski definition) is 3. The van der Waals surface area contributed by atoms with Crippen molar-refractivity contribution in [1.29, 1.82) is 0 Å². The second kappa shape index (κ2) is 7.79. The zero-order valence-corrected chi connectivity index (χ0v) is 13.1. The molecule has 112 valence electrons. The predicted octanol–water partition coefficient (Wildman–Crippen LogP) is 4.54. The second-order valence-electron chi connectivity index (χ2n) is 4.64. The molecule has 1 N–H and O–H groups in total.